The minimum atomic E-state index is -0.805. The van der Waals surface area contributed by atoms with Crippen LogP contribution in [0.3, 0.4) is 0 Å². The van der Waals surface area contributed by atoms with Gasteiger partial charge < -0.3 is 20.4 Å². The van der Waals surface area contributed by atoms with Crippen molar-refractivity contribution in [1.29, 1.82) is 0 Å². The molecule has 36 heavy (non-hydrogen) atoms. The number of likely N-dealkylation sites (N-methyl/N-ethyl adjacent to an activating group) is 1. The van der Waals surface area contributed by atoms with Crippen molar-refractivity contribution >= 4 is 23.4 Å². The van der Waals surface area contributed by atoms with Crippen LogP contribution in [0.25, 0.3) is 11.4 Å². The third-order valence-corrected chi connectivity index (χ3v) is 5.74. The summed E-state index contributed by atoms with van der Waals surface area (Å²) in [6.07, 6.45) is 0.214. The first-order valence-corrected chi connectivity index (χ1v) is 12.1. The van der Waals surface area contributed by atoms with Gasteiger partial charge >= 0.3 is 0 Å². The number of carbonyl (C=O) groups excluding carboxylic acids is 2. The molecule has 1 heterocycles. The molecule has 0 bridgehead atoms. The highest BCUT2D eigenvalue weighted by atomic mass is 35.5. The van der Waals surface area contributed by atoms with Crippen molar-refractivity contribution in [1.82, 2.24) is 20.6 Å². The van der Waals surface area contributed by atoms with Gasteiger partial charge in [0, 0.05) is 30.7 Å². The zero-order chi connectivity index (χ0) is 26.4. The summed E-state index contributed by atoms with van der Waals surface area (Å²) in [6, 6.07) is 12.8. The average molecular weight is 511 g/mol. The number of rotatable bonds is 9. The lowest BCUT2D eigenvalue weighted by Crippen LogP contribution is -2.47. The topological polar surface area (TPSA) is 113 Å². The molecule has 0 aliphatic rings. The van der Waals surface area contributed by atoms with Crippen LogP contribution in [0.1, 0.15) is 55.2 Å². The fraction of sp³-hybridized carbons (Fsp3) is 0.333. The summed E-state index contributed by atoms with van der Waals surface area (Å²) in [5, 5.41) is 5.69. The van der Waals surface area contributed by atoms with Gasteiger partial charge in [0.2, 0.25) is 5.91 Å². The normalized spacial score (nSPS) is 11.9. The van der Waals surface area contributed by atoms with Crippen LogP contribution in [0.2, 0.25) is 5.02 Å². The first-order chi connectivity index (χ1) is 17.1. The zero-order valence-corrected chi connectivity index (χ0v) is 21.8. The maximum atomic E-state index is 12.9. The van der Waals surface area contributed by atoms with Crippen molar-refractivity contribution in [3.8, 4) is 17.1 Å². The molecule has 8 nitrogen and oxygen atoms in total. The molecule has 9 heteroatoms. The largest absolute Gasteiger partial charge is 0.489 e. The van der Waals surface area contributed by atoms with Crippen LogP contribution in [0.4, 0.5) is 0 Å². The van der Waals surface area contributed by atoms with E-state index in [0.29, 0.717) is 27.9 Å². The summed E-state index contributed by atoms with van der Waals surface area (Å²) >= 11 is 6.26. The Labute approximate surface area is 215 Å². The molecule has 0 spiro atoms. The second-order valence-corrected chi connectivity index (χ2v) is 9.43. The van der Waals surface area contributed by atoms with Gasteiger partial charge in [-0.15, -0.1) is 0 Å². The molecule has 0 aliphatic carbocycles. The highest BCUT2D eigenvalue weighted by molar-refractivity contribution is 6.32. The Morgan fingerprint density at radius 1 is 1.06 bits per heavy atom. The van der Waals surface area contributed by atoms with E-state index >= 15 is 0 Å². The number of hydrogen-bond acceptors (Lipinski definition) is 5. The number of amides is 2. The van der Waals surface area contributed by atoms with Gasteiger partial charge in [-0.1, -0.05) is 49.7 Å². The molecule has 2 aromatic carbocycles. The molecule has 1 unspecified atom stereocenters. The van der Waals surface area contributed by atoms with Crippen LogP contribution in [0.5, 0.6) is 5.75 Å². The van der Waals surface area contributed by atoms with Crippen molar-refractivity contribution in [2.45, 2.75) is 52.2 Å². The summed E-state index contributed by atoms with van der Waals surface area (Å²) < 4.78 is 5.61. The van der Waals surface area contributed by atoms with Crippen LogP contribution in [0, 0.1) is 0 Å². The maximum absolute atomic E-state index is 12.9. The number of aromatic nitrogens is 2. The smallest absolute Gasteiger partial charge is 0.251 e. The summed E-state index contributed by atoms with van der Waals surface area (Å²) in [6.45, 7) is 7.72. The lowest BCUT2D eigenvalue weighted by atomic mass is 10.0. The Morgan fingerprint density at radius 3 is 2.33 bits per heavy atom. The molecule has 1 aromatic heterocycles. The highest BCUT2D eigenvalue weighted by Gasteiger charge is 2.22. The van der Waals surface area contributed by atoms with Crippen molar-refractivity contribution in [3.63, 3.8) is 0 Å². The number of aromatic amines is 1. The van der Waals surface area contributed by atoms with Gasteiger partial charge in [0.05, 0.1) is 16.8 Å². The van der Waals surface area contributed by atoms with Gasteiger partial charge in [0.1, 0.15) is 17.6 Å². The van der Waals surface area contributed by atoms with Crippen molar-refractivity contribution in [2.24, 2.45) is 0 Å². The van der Waals surface area contributed by atoms with Gasteiger partial charge in [0.15, 0.2) is 0 Å². The second kappa shape index (κ2) is 11.9. The minimum absolute atomic E-state index is 0.0543. The lowest BCUT2D eigenvalue weighted by Gasteiger charge is -2.18. The van der Waals surface area contributed by atoms with E-state index in [2.05, 4.69) is 20.6 Å². The van der Waals surface area contributed by atoms with E-state index in [4.69, 9.17) is 16.3 Å². The third kappa shape index (κ3) is 6.95. The SMILES string of the molecule is CNC(=O)C(Cc1ccc(-c2nc(C(C)C)cc(=O)[nH]2)cc1)NC(=O)c1ccc(OC(C)C)c(Cl)c1. The van der Waals surface area contributed by atoms with Gasteiger partial charge in [-0.3, -0.25) is 14.4 Å². The van der Waals surface area contributed by atoms with E-state index in [9.17, 15) is 14.4 Å². The molecule has 0 fully saturated rings. The Bertz CT molecular complexity index is 1290. The van der Waals surface area contributed by atoms with E-state index in [-0.39, 0.29) is 29.9 Å². The molecular weight excluding hydrogens is 480 g/mol. The highest BCUT2D eigenvalue weighted by Crippen LogP contribution is 2.26. The van der Waals surface area contributed by atoms with Crippen LogP contribution >= 0.6 is 11.6 Å². The molecule has 0 saturated carbocycles. The number of H-pyrrole nitrogens is 1. The maximum Gasteiger partial charge on any atom is 0.251 e. The van der Waals surface area contributed by atoms with Crippen molar-refractivity contribution in [2.75, 3.05) is 7.05 Å². The molecule has 190 valence electrons. The molecule has 2 amide bonds. The first kappa shape index (κ1) is 26.9. The minimum Gasteiger partial charge on any atom is -0.489 e. The standard InChI is InChI=1S/C27H31ClN4O4/c1-15(2)21-14-24(33)32-25(30-21)18-8-6-17(7-9-18)12-22(27(35)29-5)31-26(34)19-10-11-23(20(28)13-19)36-16(3)4/h6-11,13-16,22H,12H2,1-5H3,(H,29,35)(H,31,34)(H,30,32,33). The van der Waals surface area contributed by atoms with Crippen LogP contribution in [-0.2, 0) is 11.2 Å². The number of nitrogens with zero attached hydrogens (tertiary/aromatic N) is 1. The molecule has 3 aromatic rings. The van der Waals surface area contributed by atoms with Gasteiger partial charge in [-0.2, -0.15) is 0 Å². The predicted molar refractivity (Wildman–Crippen MR) is 141 cm³/mol. The summed E-state index contributed by atoms with van der Waals surface area (Å²) in [7, 11) is 1.52. The number of benzene rings is 2. The molecular formula is C27H31ClN4O4. The van der Waals surface area contributed by atoms with E-state index in [0.717, 1.165) is 11.1 Å². The number of ether oxygens (including phenoxy) is 1. The number of hydrogen-bond donors (Lipinski definition) is 3. The van der Waals surface area contributed by atoms with E-state index in [1.165, 1.54) is 19.2 Å². The third-order valence-electron chi connectivity index (χ3n) is 5.45. The zero-order valence-electron chi connectivity index (χ0n) is 21.0. The van der Waals surface area contributed by atoms with Gasteiger partial charge in [-0.25, -0.2) is 4.98 Å². The Morgan fingerprint density at radius 2 is 1.75 bits per heavy atom. The molecule has 3 N–H and O–H groups in total. The van der Waals surface area contributed by atoms with Crippen LogP contribution in [0.15, 0.2) is 53.3 Å². The lowest BCUT2D eigenvalue weighted by molar-refractivity contribution is -0.122. The van der Waals surface area contributed by atoms with Crippen molar-refractivity contribution in [3.05, 3.63) is 80.7 Å². The molecule has 0 aliphatic heterocycles. The quantitative estimate of drug-likeness (QED) is 0.401. The Hall–Kier alpha value is -3.65. The van der Waals surface area contributed by atoms with Crippen LogP contribution in [-0.4, -0.2) is 41.0 Å². The monoisotopic (exact) mass is 510 g/mol. The first-order valence-electron chi connectivity index (χ1n) is 11.8. The second-order valence-electron chi connectivity index (χ2n) is 9.03. The van der Waals surface area contributed by atoms with E-state index in [1.807, 2.05) is 52.0 Å². The molecule has 0 radical (unpaired) electrons. The van der Waals surface area contributed by atoms with Crippen LogP contribution < -0.4 is 20.9 Å². The van der Waals surface area contributed by atoms with Gasteiger partial charge in [-0.05, 0) is 43.5 Å². The average Bonchev–Trinajstić information content (AvgIpc) is 2.84. The molecule has 3 rings (SSSR count). The van der Waals surface area contributed by atoms with Crippen molar-refractivity contribution < 1.29 is 14.3 Å². The molecule has 0 saturated heterocycles. The summed E-state index contributed by atoms with van der Waals surface area (Å²) in [5.74, 6) is 0.340. The summed E-state index contributed by atoms with van der Waals surface area (Å²) in [5.41, 5.74) is 2.40. The Kier molecular flexibility index (Phi) is 8.88. The fourth-order valence-corrected chi connectivity index (χ4v) is 3.79. The van der Waals surface area contributed by atoms with E-state index in [1.54, 1.807) is 12.1 Å². The predicted octanol–water partition coefficient (Wildman–Crippen LogP) is 4.09. The fourth-order valence-electron chi connectivity index (χ4n) is 3.56. The number of halogens is 1. The summed E-state index contributed by atoms with van der Waals surface area (Å²) in [4.78, 5) is 44.7. The Balaban J connectivity index is 1.76. The van der Waals surface area contributed by atoms with Gasteiger partial charge in [0.25, 0.3) is 11.5 Å². The number of carbonyl (C=O) groups is 2. The number of nitrogens with one attached hydrogen (secondary N) is 3. The molecule has 1 atom stereocenters. The van der Waals surface area contributed by atoms with E-state index < -0.39 is 11.9 Å².